The Morgan fingerprint density at radius 2 is 2.00 bits per heavy atom. The van der Waals surface area contributed by atoms with Crippen molar-refractivity contribution in [2.75, 3.05) is 18.9 Å². The van der Waals surface area contributed by atoms with Crippen molar-refractivity contribution < 1.29 is 13.2 Å². The average molecular weight is 338 g/mol. The third-order valence-corrected chi connectivity index (χ3v) is 6.33. The predicted octanol–water partition coefficient (Wildman–Crippen LogP) is 2.95. The number of carbonyl (C=O) groups is 1. The third-order valence-electron chi connectivity index (χ3n) is 3.35. The fraction of sp³-hybridized carbons (Fsp3) is 0.267. The van der Waals surface area contributed by atoms with E-state index in [2.05, 4.69) is 5.32 Å². The summed E-state index contributed by atoms with van der Waals surface area (Å²) in [5.41, 5.74) is 1.67. The van der Waals surface area contributed by atoms with Crippen LogP contribution in [0.2, 0.25) is 0 Å². The minimum Gasteiger partial charge on any atom is -0.321 e. The van der Waals surface area contributed by atoms with Crippen molar-refractivity contribution in [2.24, 2.45) is 0 Å². The van der Waals surface area contributed by atoms with Gasteiger partial charge in [0.15, 0.2) is 0 Å². The lowest BCUT2D eigenvalue weighted by Crippen LogP contribution is -2.26. The minimum absolute atomic E-state index is 0.150. The number of nitrogens with zero attached hydrogens (tertiary/aromatic N) is 1. The first-order valence-electron chi connectivity index (χ1n) is 6.78. The van der Waals surface area contributed by atoms with Crippen LogP contribution in [0, 0.1) is 6.92 Å². The van der Waals surface area contributed by atoms with E-state index in [-0.39, 0.29) is 10.8 Å². The van der Waals surface area contributed by atoms with Gasteiger partial charge in [-0.05, 0) is 24.6 Å². The fourth-order valence-corrected chi connectivity index (χ4v) is 4.16. The molecule has 5 nitrogen and oxygen atoms in total. The van der Waals surface area contributed by atoms with Crippen molar-refractivity contribution in [3.8, 4) is 0 Å². The zero-order valence-electron chi connectivity index (χ0n) is 12.7. The van der Waals surface area contributed by atoms with E-state index in [1.54, 1.807) is 6.92 Å². The van der Waals surface area contributed by atoms with Gasteiger partial charge < -0.3 is 5.32 Å². The Morgan fingerprint density at radius 1 is 1.32 bits per heavy atom. The van der Waals surface area contributed by atoms with Gasteiger partial charge in [0.05, 0.1) is 9.77 Å². The van der Waals surface area contributed by atoms with E-state index in [1.807, 2.05) is 31.2 Å². The predicted molar refractivity (Wildman–Crippen MR) is 88.9 cm³/mol. The summed E-state index contributed by atoms with van der Waals surface area (Å²) in [5.74, 6) is -0.306. The molecular formula is C15H18N2O3S2. The monoisotopic (exact) mass is 338 g/mol. The molecule has 1 N–H and O–H groups in total. The van der Waals surface area contributed by atoms with E-state index in [4.69, 9.17) is 0 Å². The zero-order chi connectivity index (χ0) is 16.3. The van der Waals surface area contributed by atoms with E-state index in [0.29, 0.717) is 11.4 Å². The molecule has 22 heavy (non-hydrogen) atoms. The smallest absolute Gasteiger partial charge is 0.265 e. The first-order valence-corrected chi connectivity index (χ1v) is 9.10. The number of para-hydroxylation sites is 1. The van der Waals surface area contributed by atoms with Gasteiger partial charge in [-0.25, -0.2) is 12.7 Å². The van der Waals surface area contributed by atoms with Crippen LogP contribution in [0.5, 0.6) is 0 Å². The maximum atomic E-state index is 12.2. The molecule has 0 aliphatic heterocycles. The van der Waals surface area contributed by atoms with Gasteiger partial charge in [-0.2, -0.15) is 0 Å². The van der Waals surface area contributed by atoms with Crippen LogP contribution in [0.15, 0.2) is 40.6 Å². The Balaban J connectivity index is 2.22. The molecular weight excluding hydrogens is 320 g/mol. The number of aryl methyl sites for hydroxylation is 1. The molecule has 0 spiro atoms. The number of thiophene rings is 1. The largest absolute Gasteiger partial charge is 0.321 e. The maximum Gasteiger partial charge on any atom is 0.265 e. The van der Waals surface area contributed by atoms with Gasteiger partial charge in [0.2, 0.25) is 10.0 Å². The summed E-state index contributed by atoms with van der Waals surface area (Å²) < 4.78 is 25.7. The standard InChI is InChI=1S/C15H18N2O3S2/c1-4-17(3)22(19,20)12-9-14(21-10-12)15(18)16-13-8-6-5-7-11(13)2/h5-10H,4H2,1-3H3,(H,16,18). The minimum atomic E-state index is -3.52. The molecule has 0 unspecified atom stereocenters. The summed E-state index contributed by atoms with van der Waals surface area (Å²) in [6.07, 6.45) is 0. The number of benzene rings is 1. The van der Waals surface area contributed by atoms with Crippen LogP contribution < -0.4 is 5.32 Å². The molecule has 0 aliphatic carbocycles. The van der Waals surface area contributed by atoms with E-state index < -0.39 is 10.0 Å². The molecule has 7 heteroatoms. The Labute approximate surface area is 134 Å². The molecule has 0 radical (unpaired) electrons. The number of amides is 1. The van der Waals surface area contributed by atoms with E-state index in [9.17, 15) is 13.2 Å². The van der Waals surface area contributed by atoms with Crippen LogP contribution in [0.25, 0.3) is 0 Å². The van der Waals surface area contributed by atoms with Gasteiger partial charge in [-0.15, -0.1) is 11.3 Å². The first-order chi connectivity index (χ1) is 10.4. The molecule has 1 heterocycles. The van der Waals surface area contributed by atoms with Gasteiger partial charge in [-0.1, -0.05) is 25.1 Å². The number of anilines is 1. The van der Waals surface area contributed by atoms with Crippen LogP contribution in [-0.4, -0.2) is 32.2 Å². The lowest BCUT2D eigenvalue weighted by Gasteiger charge is -2.12. The Bertz CT molecular complexity index is 782. The summed E-state index contributed by atoms with van der Waals surface area (Å²) in [7, 11) is -2.01. The second-order valence-electron chi connectivity index (χ2n) is 4.83. The van der Waals surface area contributed by atoms with Crippen molar-refractivity contribution >= 4 is 33.0 Å². The van der Waals surface area contributed by atoms with Crippen molar-refractivity contribution in [3.63, 3.8) is 0 Å². The van der Waals surface area contributed by atoms with E-state index in [0.717, 1.165) is 22.6 Å². The second kappa shape index (κ2) is 6.60. The van der Waals surface area contributed by atoms with Crippen LogP contribution in [0.4, 0.5) is 5.69 Å². The molecule has 2 aromatic rings. The fourth-order valence-electron chi connectivity index (χ4n) is 1.82. The third kappa shape index (κ3) is 3.37. The Hall–Kier alpha value is -1.70. The van der Waals surface area contributed by atoms with Gasteiger partial charge >= 0.3 is 0 Å². The van der Waals surface area contributed by atoms with E-state index >= 15 is 0 Å². The topological polar surface area (TPSA) is 66.5 Å². The second-order valence-corrected chi connectivity index (χ2v) is 7.79. The highest BCUT2D eigenvalue weighted by atomic mass is 32.2. The molecule has 118 valence electrons. The lowest BCUT2D eigenvalue weighted by atomic mass is 10.2. The lowest BCUT2D eigenvalue weighted by molar-refractivity contribution is 0.103. The maximum absolute atomic E-state index is 12.2. The van der Waals surface area contributed by atoms with Gasteiger partial charge in [0.25, 0.3) is 5.91 Å². The number of hydrogen-bond donors (Lipinski definition) is 1. The quantitative estimate of drug-likeness (QED) is 0.911. The van der Waals surface area contributed by atoms with Gasteiger partial charge in [-0.3, -0.25) is 4.79 Å². The highest BCUT2D eigenvalue weighted by Crippen LogP contribution is 2.23. The summed E-state index contributed by atoms with van der Waals surface area (Å²) in [5, 5.41) is 4.29. The summed E-state index contributed by atoms with van der Waals surface area (Å²) >= 11 is 1.12. The molecule has 1 amide bonds. The van der Waals surface area contributed by atoms with Crippen LogP contribution in [0.1, 0.15) is 22.2 Å². The van der Waals surface area contributed by atoms with Crippen molar-refractivity contribution in [1.82, 2.24) is 4.31 Å². The SMILES string of the molecule is CCN(C)S(=O)(=O)c1csc(C(=O)Nc2ccccc2C)c1. The summed E-state index contributed by atoms with van der Waals surface area (Å²) in [6.45, 7) is 4.04. The highest BCUT2D eigenvalue weighted by molar-refractivity contribution is 7.89. The number of rotatable bonds is 5. The molecule has 0 atom stereocenters. The Kier molecular flexibility index (Phi) is 5.00. The van der Waals surface area contributed by atoms with Crippen LogP contribution >= 0.6 is 11.3 Å². The number of nitrogens with one attached hydrogen (secondary N) is 1. The molecule has 0 aliphatic rings. The highest BCUT2D eigenvalue weighted by Gasteiger charge is 2.22. The summed E-state index contributed by atoms with van der Waals surface area (Å²) in [6, 6.07) is 8.85. The molecule has 1 aromatic carbocycles. The Morgan fingerprint density at radius 3 is 2.64 bits per heavy atom. The number of sulfonamides is 1. The summed E-state index contributed by atoms with van der Waals surface area (Å²) in [4.78, 5) is 12.8. The van der Waals surface area contributed by atoms with Crippen molar-refractivity contribution in [1.29, 1.82) is 0 Å². The number of hydrogen-bond acceptors (Lipinski definition) is 4. The normalized spacial score (nSPS) is 11.6. The first kappa shape index (κ1) is 16.7. The zero-order valence-corrected chi connectivity index (χ0v) is 14.3. The molecule has 0 saturated carbocycles. The van der Waals surface area contributed by atoms with Gasteiger partial charge in [0.1, 0.15) is 0 Å². The van der Waals surface area contributed by atoms with Gasteiger partial charge in [0, 0.05) is 24.7 Å². The van der Waals surface area contributed by atoms with Crippen LogP contribution in [0.3, 0.4) is 0 Å². The average Bonchev–Trinajstić information content (AvgIpc) is 2.99. The van der Waals surface area contributed by atoms with Crippen molar-refractivity contribution in [2.45, 2.75) is 18.7 Å². The molecule has 0 bridgehead atoms. The molecule has 2 rings (SSSR count). The van der Waals surface area contributed by atoms with Crippen molar-refractivity contribution in [3.05, 3.63) is 46.2 Å². The molecule has 0 fully saturated rings. The van der Waals surface area contributed by atoms with Crippen LogP contribution in [-0.2, 0) is 10.0 Å². The molecule has 0 saturated heterocycles. The molecule has 1 aromatic heterocycles. The number of carbonyl (C=O) groups excluding carboxylic acids is 1. The van der Waals surface area contributed by atoms with E-state index in [1.165, 1.54) is 22.8 Å².